The summed E-state index contributed by atoms with van der Waals surface area (Å²) in [4.78, 5) is 0. The van der Waals surface area contributed by atoms with E-state index >= 15 is 0 Å². The van der Waals surface area contributed by atoms with Crippen LogP contribution in [0, 0.1) is 27.7 Å². The van der Waals surface area contributed by atoms with E-state index in [1.54, 1.807) is 0 Å². The maximum atomic E-state index is 4.41. The van der Waals surface area contributed by atoms with Gasteiger partial charge in [0.15, 0.2) is 0 Å². The molecule has 2 rings (SSSR count). The Hall–Kier alpha value is -1.77. The highest BCUT2D eigenvalue weighted by Gasteiger charge is 2.08. The summed E-state index contributed by atoms with van der Waals surface area (Å²) < 4.78 is 1.92. The molecule has 0 aliphatic heterocycles. The van der Waals surface area contributed by atoms with E-state index in [2.05, 4.69) is 49.4 Å². The lowest BCUT2D eigenvalue weighted by Gasteiger charge is -2.10. The summed E-state index contributed by atoms with van der Waals surface area (Å²) in [5.74, 6) is 0. The Morgan fingerprint density at radius 3 is 2.44 bits per heavy atom. The van der Waals surface area contributed by atoms with Crippen molar-refractivity contribution in [3.63, 3.8) is 0 Å². The van der Waals surface area contributed by atoms with Gasteiger partial charge < -0.3 is 5.32 Å². The molecule has 0 amide bonds. The summed E-state index contributed by atoms with van der Waals surface area (Å²) in [5, 5.41) is 7.91. The van der Waals surface area contributed by atoms with Crippen LogP contribution in [0.15, 0.2) is 18.2 Å². The van der Waals surface area contributed by atoms with Crippen molar-refractivity contribution >= 4 is 5.69 Å². The van der Waals surface area contributed by atoms with E-state index in [1.165, 1.54) is 22.4 Å². The van der Waals surface area contributed by atoms with Gasteiger partial charge in [-0.3, -0.25) is 4.68 Å². The zero-order chi connectivity index (χ0) is 13.3. The Kier molecular flexibility index (Phi) is 3.41. The van der Waals surface area contributed by atoms with Gasteiger partial charge in [-0.2, -0.15) is 5.10 Å². The molecule has 18 heavy (non-hydrogen) atoms. The molecule has 1 aromatic heterocycles. The SMILES string of the molecule is Cc1ccc(CNc2c(C)nn(C)c2C)c(C)c1. The highest BCUT2D eigenvalue weighted by atomic mass is 15.3. The van der Waals surface area contributed by atoms with Crippen LogP contribution in [0.4, 0.5) is 5.69 Å². The summed E-state index contributed by atoms with van der Waals surface area (Å²) in [6.45, 7) is 9.26. The number of nitrogens with one attached hydrogen (secondary N) is 1. The molecule has 0 saturated heterocycles. The van der Waals surface area contributed by atoms with Crippen LogP contribution in [0.3, 0.4) is 0 Å². The lowest BCUT2D eigenvalue weighted by molar-refractivity contribution is 0.731. The highest BCUT2D eigenvalue weighted by molar-refractivity contribution is 5.52. The Morgan fingerprint density at radius 1 is 1.17 bits per heavy atom. The van der Waals surface area contributed by atoms with Crippen LogP contribution in [0.1, 0.15) is 28.1 Å². The van der Waals surface area contributed by atoms with Gasteiger partial charge in [0.05, 0.1) is 17.1 Å². The first-order valence-corrected chi connectivity index (χ1v) is 6.29. The number of rotatable bonds is 3. The van der Waals surface area contributed by atoms with E-state index in [-0.39, 0.29) is 0 Å². The van der Waals surface area contributed by atoms with Crippen LogP contribution >= 0.6 is 0 Å². The standard InChI is InChI=1S/C15H21N3/c1-10-6-7-14(11(2)8-10)9-16-15-12(3)17-18(5)13(15)4/h6-8,16H,9H2,1-5H3. The Balaban J connectivity index is 2.16. The smallest absolute Gasteiger partial charge is 0.0827 e. The third kappa shape index (κ3) is 2.40. The van der Waals surface area contributed by atoms with E-state index in [4.69, 9.17) is 0 Å². The van der Waals surface area contributed by atoms with Gasteiger partial charge in [-0.1, -0.05) is 23.8 Å². The van der Waals surface area contributed by atoms with E-state index in [9.17, 15) is 0 Å². The van der Waals surface area contributed by atoms with Gasteiger partial charge in [0.1, 0.15) is 0 Å². The maximum absolute atomic E-state index is 4.41. The van der Waals surface area contributed by atoms with Gasteiger partial charge in [0.25, 0.3) is 0 Å². The van der Waals surface area contributed by atoms with Gasteiger partial charge >= 0.3 is 0 Å². The molecule has 96 valence electrons. The van der Waals surface area contributed by atoms with E-state index in [0.717, 1.165) is 17.9 Å². The normalized spacial score (nSPS) is 10.7. The van der Waals surface area contributed by atoms with Gasteiger partial charge in [0.2, 0.25) is 0 Å². The third-order valence-corrected chi connectivity index (χ3v) is 3.46. The van der Waals surface area contributed by atoms with Crippen LogP contribution in [0.25, 0.3) is 0 Å². The molecular weight excluding hydrogens is 222 g/mol. The minimum atomic E-state index is 0.847. The zero-order valence-electron chi connectivity index (χ0n) is 11.8. The summed E-state index contributed by atoms with van der Waals surface area (Å²) >= 11 is 0. The Morgan fingerprint density at radius 2 is 1.89 bits per heavy atom. The lowest BCUT2D eigenvalue weighted by atomic mass is 10.1. The molecule has 0 aliphatic carbocycles. The number of hydrogen-bond acceptors (Lipinski definition) is 2. The van der Waals surface area contributed by atoms with Gasteiger partial charge in [-0.25, -0.2) is 0 Å². The summed E-state index contributed by atoms with van der Waals surface area (Å²) in [6, 6.07) is 6.58. The lowest BCUT2D eigenvalue weighted by Crippen LogP contribution is -2.03. The van der Waals surface area contributed by atoms with E-state index in [1.807, 2.05) is 18.7 Å². The topological polar surface area (TPSA) is 29.9 Å². The molecule has 1 aromatic carbocycles. The molecule has 0 aliphatic rings. The molecule has 3 heteroatoms. The number of hydrogen-bond donors (Lipinski definition) is 1. The molecule has 2 aromatic rings. The van der Waals surface area contributed by atoms with Gasteiger partial charge in [0, 0.05) is 13.6 Å². The van der Waals surface area contributed by atoms with Crippen molar-refractivity contribution in [3.8, 4) is 0 Å². The number of aryl methyl sites for hydroxylation is 4. The first kappa shape index (κ1) is 12.7. The molecule has 1 N–H and O–H groups in total. The fraction of sp³-hybridized carbons (Fsp3) is 0.400. The number of benzene rings is 1. The Labute approximate surface area is 109 Å². The molecule has 0 atom stereocenters. The quantitative estimate of drug-likeness (QED) is 0.896. The minimum absolute atomic E-state index is 0.847. The molecule has 3 nitrogen and oxygen atoms in total. The second kappa shape index (κ2) is 4.84. The van der Waals surface area contributed by atoms with Crippen LogP contribution in [-0.2, 0) is 13.6 Å². The molecular formula is C15H21N3. The molecule has 0 saturated carbocycles. The summed E-state index contributed by atoms with van der Waals surface area (Å²) in [5.41, 5.74) is 7.37. The van der Waals surface area contributed by atoms with Gasteiger partial charge in [-0.05, 0) is 38.8 Å². The largest absolute Gasteiger partial charge is 0.378 e. The number of nitrogens with zero attached hydrogens (tertiary/aromatic N) is 2. The summed E-state index contributed by atoms with van der Waals surface area (Å²) in [7, 11) is 1.98. The average molecular weight is 243 g/mol. The second-order valence-corrected chi connectivity index (χ2v) is 4.95. The molecule has 0 spiro atoms. The van der Waals surface area contributed by atoms with Crippen molar-refractivity contribution < 1.29 is 0 Å². The van der Waals surface area contributed by atoms with Crippen LogP contribution in [-0.4, -0.2) is 9.78 Å². The fourth-order valence-electron chi connectivity index (χ4n) is 2.26. The minimum Gasteiger partial charge on any atom is -0.378 e. The highest BCUT2D eigenvalue weighted by Crippen LogP contribution is 2.20. The number of anilines is 1. The third-order valence-electron chi connectivity index (χ3n) is 3.46. The van der Waals surface area contributed by atoms with Crippen molar-refractivity contribution in [1.82, 2.24) is 9.78 Å². The van der Waals surface area contributed by atoms with Crippen molar-refractivity contribution in [2.45, 2.75) is 34.2 Å². The Bertz CT molecular complexity index is 567. The van der Waals surface area contributed by atoms with Crippen LogP contribution < -0.4 is 5.32 Å². The predicted molar refractivity (Wildman–Crippen MR) is 75.9 cm³/mol. The van der Waals surface area contributed by atoms with Crippen molar-refractivity contribution in [2.24, 2.45) is 7.05 Å². The fourth-order valence-corrected chi connectivity index (χ4v) is 2.26. The molecule has 1 heterocycles. The molecule has 0 bridgehead atoms. The van der Waals surface area contributed by atoms with Crippen molar-refractivity contribution in [3.05, 3.63) is 46.3 Å². The first-order valence-electron chi connectivity index (χ1n) is 6.29. The average Bonchev–Trinajstić information content (AvgIpc) is 2.53. The number of aromatic nitrogens is 2. The van der Waals surface area contributed by atoms with Crippen molar-refractivity contribution in [2.75, 3.05) is 5.32 Å². The second-order valence-electron chi connectivity index (χ2n) is 4.95. The predicted octanol–water partition coefficient (Wildman–Crippen LogP) is 3.27. The molecule has 0 radical (unpaired) electrons. The zero-order valence-corrected chi connectivity index (χ0v) is 11.8. The van der Waals surface area contributed by atoms with Crippen LogP contribution in [0.5, 0.6) is 0 Å². The molecule has 0 unspecified atom stereocenters. The monoisotopic (exact) mass is 243 g/mol. The maximum Gasteiger partial charge on any atom is 0.0827 e. The first-order chi connectivity index (χ1) is 8.49. The van der Waals surface area contributed by atoms with Gasteiger partial charge in [-0.15, -0.1) is 0 Å². The van der Waals surface area contributed by atoms with Crippen LogP contribution in [0.2, 0.25) is 0 Å². The summed E-state index contributed by atoms with van der Waals surface area (Å²) in [6.07, 6.45) is 0. The van der Waals surface area contributed by atoms with E-state index < -0.39 is 0 Å². The van der Waals surface area contributed by atoms with Crippen molar-refractivity contribution in [1.29, 1.82) is 0 Å². The molecule has 0 fully saturated rings. The van der Waals surface area contributed by atoms with E-state index in [0.29, 0.717) is 0 Å².